The van der Waals surface area contributed by atoms with E-state index in [1.165, 1.54) is 9.75 Å². The van der Waals surface area contributed by atoms with Crippen molar-refractivity contribution in [2.24, 2.45) is 0 Å². The van der Waals surface area contributed by atoms with Crippen molar-refractivity contribution in [3.05, 3.63) is 21.9 Å². The zero-order valence-electron chi connectivity index (χ0n) is 11.0. The molecule has 0 saturated heterocycles. The van der Waals surface area contributed by atoms with E-state index in [1.807, 2.05) is 18.3 Å². The summed E-state index contributed by atoms with van der Waals surface area (Å²) in [7, 11) is 1.71. The average molecular weight is 257 g/mol. The predicted octanol–water partition coefficient (Wildman–Crippen LogP) is 2.28. The summed E-state index contributed by atoms with van der Waals surface area (Å²) in [6.07, 6.45) is 0.556. The van der Waals surface area contributed by atoms with Crippen molar-refractivity contribution in [3.63, 3.8) is 0 Å². The van der Waals surface area contributed by atoms with Crippen molar-refractivity contribution in [1.29, 1.82) is 0 Å². The zero-order chi connectivity index (χ0) is 12.7. The van der Waals surface area contributed by atoms with Crippen LogP contribution in [0.1, 0.15) is 23.1 Å². The molecule has 0 fully saturated rings. The summed E-state index contributed by atoms with van der Waals surface area (Å²) < 4.78 is 5.11. The minimum absolute atomic E-state index is 0.243. The highest BCUT2D eigenvalue weighted by atomic mass is 32.1. The number of hydrogen-bond donors (Lipinski definition) is 1. The number of ether oxygens (including phenoxy) is 1. The molecular formula is C13H23NO2S. The zero-order valence-corrected chi connectivity index (χ0v) is 11.8. The fraction of sp³-hybridized carbons (Fsp3) is 0.692. The lowest BCUT2D eigenvalue weighted by molar-refractivity contribution is 0.0835. The highest BCUT2D eigenvalue weighted by molar-refractivity contribution is 7.11. The number of thiophene rings is 1. The summed E-state index contributed by atoms with van der Waals surface area (Å²) in [5, 5.41) is 9.73. The van der Waals surface area contributed by atoms with Crippen LogP contribution in [0.3, 0.4) is 0 Å². The van der Waals surface area contributed by atoms with Gasteiger partial charge in [0, 0.05) is 36.5 Å². The molecule has 4 heteroatoms. The van der Waals surface area contributed by atoms with E-state index in [1.54, 1.807) is 7.11 Å². The molecule has 0 aromatic carbocycles. The Bertz CT molecular complexity index is 314. The summed E-state index contributed by atoms with van der Waals surface area (Å²) in [6.45, 7) is 7.32. The van der Waals surface area contributed by atoms with Crippen LogP contribution in [0, 0.1) is 6.92 Å². The van der Waals surface area contributed by atoms with Gasteiger partial charge in [0.15, 0.2) is 0 Å². The van der Waals surface area contributed by atoms with Gasteiger partial charge in [-0.1, -0.05) is 6.92 Å². The maximum absolute atomic E-state index is 9.73. The molecule has 0 amide bonds. The van der Waals surface area contributed by atoms with Crippen LogP contribution in [-0.2, 0) is 11.3 Å². The van der Waals surface area contributed by atoms with Crippen molar-refractivity contribution in [2.75, 3.05) is 26.8 Å². The first kappa shape index (κ1) is 14.6. The summed E-state index contributed by atoms with van der Waals surface area (Å²) >= 11 is 1.82. The van der Waals surface area contributed by atoms with Crippen molar-refractivity contribution in [3.8, 4) is 0 Å². The summed E-state index contributed by atoms with van der Waals surface area (Å²) in [4.78, 5) is 4.94. The second kappa shape index (κ2) is 7.82. The Morgan fingerprint density at radius 2 is 2.24 bits per heavy atom. The summed E-state index contributed by atoms with van der Waals surface area (Å²) in [5.41, 5.74) is 0. The Labute approximate surface area is 108 Å². The lowest BCUT2D eigenvalue weighted by Gasteiger charge is -2.23. The molecule has 0 aliphatic rings. The Balaban J connectivity index is 2.50. The van der Waals surface area contributed by atoms with Gasteiger partial charge in [-0.25, -0.2) is 0 Å². The van der Waals surface area contributed by atoms with Crippen LogP contribution >= 0.6 is 11.3 Å². The van der Waals surface area contributed by atoms with Gasteiger partial charge in [-0.3, -0.25) is 4.90 Å². The smallest absolute Gasteiger partial charge is 0.0664 e. The third-order valence-corrected chi connectivity index (χ3v) is 3.71. The lowest BCUT2D eigenvalue weighted by atomic mass is 10.2. The van der Waals surface area contributed by atoms with Gasteiger partial charge in [0.1, 0.15) is 0 Å². The van der Waals surface area contributed by atoms with E-state index < -0.39 is 0 Å². The standard InChI is InChI=1S/C13H23NO2S/c1-4-12(15)9-14(7-8-16-3)10-13-6-5-11(2)17-13/h5-6,12,15H,4,7-10H2,1-3H3. The summed E-state index contributed by atoms with van der Waals surface area (Å²) in [5.74, 6) is 0. The van der Waals surface area contributed by atoms with E-state index in [0.717, 1.165) is 26.1 Å². The van der Waals surface area contributed by atoms with Gasteiger partial charge in [0.25, 0.3) is 0 Å². The quantitative estimate of drug-likeness (QED) is 0.775. The monoisotopic (exact) mass is 257 g/mol. The van der Waals surface area contributed by atoms with Crippen LogP contribution in [0.4, 0.5) is 0 Å². The van der Waals surface area contributed by atoms with Gasteiger partial charge in [-0.05, 0) is 25.5 Å². The first-order chi connectivity index (χ1) is 8.15. The molecule has 1 aromatic heterocycles. The van der Waals surface area contributed by atoms with E-state index in [4.69, 9.17) is 4.74 Å². The number of hydrogen-bond acceptors (Lipinski definition) is 4. The highest BCUT2D eigenvalue weighted by Crippen LogP contribution is 2.17. The Morgan fingerprint density at radius 3 is 2.76 bits per heavy atom. The SMILES string of the molecule is CCC(O)CN(CCOC)Cc1ccc(C)s1. The molecule has 3 nitrogen and oxygen atoms in total. The molecule has 1 heterocycles. The topological polar surface area (TPSA) is 32.7 Å². The van der Waals surface area contributed by atoms with E-state index in [9.17, 15) is 5.11 Å². The van der Waals surface area contributed by atoms with Crippen molar-refractivity contribution >= 4 is 11.3 Å². The van der Waals surface area contributed by atoms with E-state index in [2.05, 4.69) is 24.0 Å². The third-order valence-electron chi connectivity index (χ3n) is 2.73. The Morgan fingerprint density at radius 1 is 1.47 bits per heavy atom. The molecular weight excluding hydrogens is 234 g/mol. The first-order valence-corrected chi connectivity index (χ1v) is 6.92. The van der Waals surface area contributed by atoms with Gasteiger partial charge < -0.3 is 9.84 Å². The number of aryl methyl sites for hydroxylation is 1. The molecule has 0 bridgehead atoms. The van der Waals surface area contributed by atoms with Gasteiger partial charge in [0.2, 0.25) is 0 Å². The second-order valence-electron chi connectivity index (χ2n) is 4.30. The average Bonchev–Trinajstić information content (AvgIpc) is 2.71. The number of methoxy groups -OCH3 is 1. The normalized spacial score (nSPS) is 13.2. The molecule has 0 aliphatic carbocycles. The Hall–Kier alpha value is -0.420. The molecule has 0 radical (unpaired) electrons. The fourth-order valence-corrected chi connectivity index (χ4v) is 2.61. The van der Waals surface area contributed by atoms with Crippen LogP contribution in [0.5, 0.6) is 0 Å². The number of nitrogens with zero attached hydrogens (tertiary/aromatic N) is 1. The molecule has 1 atom stereocenters. The van der Waals surface area contributed by atoms with E-state index >= 15 is 0 Å². The van der Waals surface area contributed by atoms with Crippen LogP contribution in [0.15, 0.2) is 12.1 Å². The predicted molar refractivity (Wildman–Crippen MR) is 72.5 cm³/mol. The molecule has 1 rings (SSSR count). The molecule has 1 N–H and O–H groups in total. The number of aliphatic hydroxyl groups excluding tert-OH is 1. The van der Waals surface area contributed by atoms with Crippen LogP contribution < -0.4 is 0 Å². The van der Waals surface area contributed by atoms with Crippen molar-refractivity contribution < 1.29 is 9.84 Å². The number of rotatable bonds is 8. The van der Waals surface area contributed by atoms with Crippen molar-refractivity contribution in [1.82, 2.24) is 4.90 Å². The van der Waals surface area contributed by atoms with E-state index in [-0.39, 0.29) is 6.10 Å². The molecule has 0 saturated carbocycles. The molecule has 0 aliphatic heterocycles. The first-order valence-electron chi connectivity index (χ1n) is 6.10. The number of aliphatic hydroxyl groups is 1. The molecule has 1 unspecified atom stereocenters. The molecule has 0 spiro atoms. The molecule has 17 heavy (non-hydrogen) atoms. The minimum Gasteiger partial charge on any atom is -0.392 e. The Kier molecular flexibility index (Phi) is 6.73. The summed E-state index contributed by atoms with van der Waals surface area (Å²) in [6, 6.07) is 4.31. The highest BCUT2D eigenvalue weighted by Gasteiger charge is 2.11. The molecule has 1 aromatic rings. The van der Waals surface area contributed by atoms with Crippen LogP contribution in [-0.4, -0.2) is 42.9 Å². The largest absolute Gasteiger partial charge is 0.392 e. The molecule has 98 valence electrons. The van der Waals surface area contributed by atoms with Crippen molar-refractivity contribution in [2.45, 2.75) is 32.9 Å². The fourth-order valence-electron chi connectivity index (χ4n) is 1.67. The maximum atomic E-state index is 9.73. The maximum Gasteiger partial charge on any atom is 0.0664 e. The lowest BCUT2D eigenvalue weighted by Crippen LogP contribution is -2.34. The second-order valence-corrected chi connectivity index (χ2v) is 5.67. The minimum atomic E-state index is -0.243. The van der Waals surface area contributed by atoms with Gasteiger partial charge in [0.05, 0.1) is 12.7 Å². The van der Waals surface area contributed by atoms with Gasteiger partial charge in [-0.15, -0.1) is 11.3 Å². The van der Waals surface area contributed by atoms with Gasteiger partial charge in [-0.2, -0.15) is 0 Å². The van der Waals surface area contributed by atoms with E-state index in [0.29, 0.717) is 6.61 Å². The van der Waals surface area contributed by atoms with Crippen LogP contribution in [0.2, 0.25) is 0 Å². The van der Waals surface area contributed by atoms with Gasteiger partial charge >= 0.3 is 0 Å². The third kappa shape index (κ3) is 5.64. The van der Waals surface area contributed by atoms with Crippen LogP contribution in [0.25, 0.3) is 0 Å².